The zero-order valence-corrected chi connectivity index (χ0v) is 20.4. The predicted molar refractivity (Wildman–Crippen MR) is 127 cm³/mol. The highest BCUT2D eigenvalue weighted by Gasteiger charge is 2.34. The molecule has 2 heterocycles. The lowest BCUT2D eigenvalue weighted by Crippen LogP contribution is -2.39. The summed E-state index contributed by atoms with van der Waals surface area (Å²) >= 11 is 13.5. The van der Waals surface area contributed by atoms with Crippen molar-refractivity contribution in [3.63, 3.8) is 0 Å². The minimum absolute atomic E-state index is 0.135. The molecule has 170 valence electrons. The Kier molecular flexibility index (Phi) is 6.95. The van der Waals surface area contributed by atoms with Gasteiger partial charge in [-0.05, 0) is 54.8 Å². The number of ether oxygens (including phenoxy) is 1. The summed E-state index contributed by atoms with van der Waals surface area (Å²) in [5, 5.41) is 2.97. The average molecular weight is 515 g/mol. The van der Waals surface area contributed by atoms with Crippen LogP contribution in [0.3, 0.4) is 0 Å². The Morgan fingerprint density at radius 2 is 1.91 bits per heavy atom. The zero-order valence-electron chi connectivity index (χ0n) is 17.2. The second kappa shape index (κ2) is 9.55. The Hall–Kier alpha value is -1.87. The van der Waals surface area contributed by atoms with Crippen LogP contribution in [0.15, 0.2) is 46.7 Å². The molecule has 0 aliphatic carbocycles. The molecule has 1 saturated heterocycles. The molecule has 2 aromatic carbocycles. The van der Waals surface area contributed by atoms with E-state index in [4.69, 9.17) is 27.9 Å². The quantitative estimate of drug-likeness (QED) is 0.426. The highest BCUT2D eigenvalue weighted by Crippen LogP contribution is 2.34. The number of sulfone groups is 1. The fourth-order valence-electron chi connectivity index (χ4n) is 3.85. The number of rotatable bonds is 6. The first-order valence-electron chi connectivity index (χ1n) is 9.98. The van der Waals surface area contributed by atoms with Crippen LogP contribution in [-0.2, 0) is 16.3 Å². The number of thiazole rings is 1. The molecule has 0 saturated carbocycles. The first-order valence-corrected chi connectivity index (χ1v) is 13.2. The van der Waals surface area contributed by atoms with Crippen LogP contribution >= 0.6 is 34.5 Å². The van der Waals surface area contributed by atoms with E-state index in [1.54, 1.807) is 18.2 Å². The van der Waals surface area contributed by atoms with Crippen LogP contribution < -0.4 is 9.64 Å². The average Bonchev–Trinajstić information content (AvgIpc) is 3.21. The van der Waals surface area contributed by atoms with Gasteiger partial charge >= 0.3 is 0 Å². The smallest absolute Gasteiger partial charge is 0.185 e. The fourth-order valence-corrected chi connectivity index (χ4v) is 7.13. The van der Waals surface area contributed by atoms with E-state index >= 15 is 0 Å². The van der Waals surface area contributed by atoms with E-state index in [1.165, 1.54) is 36.6 Å². The van der Waals surface area contributed by atoms with E-state index < -0.39 is 15.1 Å². The number of hydrogen-bond donors (Lipinski definition) is 0. The van der Waals surface area contributed by atoms with Crippen LogP contribution in [0.5, 0.6) is 5.75 Å². The van der Waals surface area contributed by atoms with Gasteiger partial charge in [-0.2, -0.15) is 0 Å². The Morgan fingerprint density at radius 3 is 2.59 bits per heavy atom. The zero-order chi connectivity index (χ0) is 22.9. The van der Waals surface area contributed by atoms with Crippen molar-refractivity contribution in [2.75, 3.05) is 25.1 Å². The highest BCUT2D eigenvalue weighted by atomic mass is 35.5. The topological polar surface area (TPSA) is 59.5 Å². The third-order valence-corrected chi connectivity index (χ3v) is 9.12. The molecule has 10 heteroatoms. The maximum atomic E-state index is 13.6. The van der Waals surface area contributed by atoms with Crippen molar-refractivity contribution in [2.24, 2.45) is 0 Å². The lowest BCUT2D eigenvalue weighted by Gasteiger charge is -2.31. The van der Waals surface area contributed by atoms with Gasteiger partial charge in [-0.1, -0.05) is 23.2 Å². The molecular formula is C22H21Cl2FN2O3S2. The molecule has 32 heavy (non-hydrogen) atoms. The molecule has 3 aromatic rings. The summed E-state index contributed by atoms with van der Waals surface area (Å²) in [7, 11) is -2.13. The van der Waals surface area contributed by atoms with Gasteiger partial charge in [0.1, 0.15) is 16.5 Å². The second-order valence-electron chi connectivity index (χ2n) is 7.60. The van der Waals surface area contributed by atoms with Gasteiger partial charge in [0, 0.05) is 34.9 Å². The van der Waals surface area contributed by atoms with Crippen LogP contribution in [0.1, 0.15) is 24.1 Å². The van der Waals surface area contributed by atoms with Crippen LogP contribution in [0.25, 0.3) is 0 Å². The summed E-state index contributed by atoms with van der Waals surface area (Å²) < 4.78 is 45.2. The number of nitrogens with zero attached hydrogens (tertiary/aromatic N) is 2. The molecule has 0 spiro atoms. The largest absolute Gasteiger partial charge is 0.495 e. The maximum Gasteiger partial charge on any atom is 0.185 e. The summed E-state index contributed by atoms with van der Waals surface area (Å²) in [5.41, 5.74) is 1.58. The predicted octanol–water partition coefficient (Wildman–Crippen LogP) is 5.63. The number of methoxy groups -OCH3 is 1. The molecule has 1 aliphatic rings. The number of piperidine rings is 1. The molecule has 0 radical (unpaired) electrons. The molecule has 0 bridgehead atoms. The van der Waals surface area contributed by atoms with Gasteiger partial charge in [0.25, 0.3) is 0 Å². The van der Waals surface area contributed by atoms with Crippen molar-refractivity contribution in [3.8, 4) is 5.75 Å². The van der Waals surface area contributed by atoms with E-state index in [0.29, 0.717) is 48.1 Å². The van der Waals surface area contributed by atoms with Crippen molar-refractivity contribution >= 4 is 49.5 Å². The van der Waals surface area contributed by atoms with Gasteiger partial charge in [-0.25, -0.2) is 17.8 Å². The summed E-state index contributed by atoms with van der Waals surface area (Å²) in [4.78, 5) is 6.89. The Bertz CT molecular complexity index is 1210. The lowest BCUT2D eigenvalue weighted by atomic mass is 10.1. The van der Waals surface area contributed by atoms with Crippen LogP contribution in [0, 0.1) is 5.82 Å². The SMILES string of the molecule is COc1ccc(Cl)cc1S(=O)(=O)C1CCN(c2nc(Cc3cc(F)cc(Cl)c3)cs2)CC1. The molecule has 0 amide bonds. The fraction of sp³-hybridized carbons (Fsp3) is 0.318. The second-order valence-corrected chi connectivity index (χ2v) is 11.5. The Labute approximate surface area is 200 Å². The van der Waals surface area contributed by atoms with Crippen LogP contribution in [0.2, 0.25) is 10.0 Å². The van der Waals surface area contributed by atoms with Gasteiger partial charge in [-0.3, -0.25) is 0 Å². The monoisotopic (exact) mass is 514 g/mol. The molecule has 0 unspecified atom stereocenters. The van der Waals surface area contributed by atoms with E-state index in [-0.39, 0.29) is 10.7 Å². The number of anilines is 1. The summed E-state index contributed by atoms with van der Waals surface area (Å²) in [6.07, 6.45) is 1.44. The maximum absolute atomic E-state index is 13.6. The number of hydrogen-bond acceptors (Lipinski definition) is 6. The van der Waals surface area contributed by atoms with Crippen LogP contribution in [-0.4, -0.2) is 38.9 Å². The molecule has 1 aliphatic heterocycles. The molecule has 1 fully saturated rings. The number of aromatic nitrogens is 1. The van der Waals surface area contributed by atoms with Gasteiger partial charge in [0.05, 0.1) is 18.1 Å². The molecule has 5 nitrogen and oxygen atoms in total. The van der Waals surface area contributed by atoms with Gasteiger partial charge in [0.15, 0.2) is 15.0 Å². The van der Waals surface area contributed by atoms with Crippen LogP contribution in [0.4, 0.5) is 9.52 Å². The summed E-state index contributed by atoms with van der Waals surface area (Å²) in [6, 6.07) is 9.09. The van der Waals surface area contributed by atoms with Gasteiger partial charge in [0.2, 0.25) is 0 Å². The molecule has 0 atom stereocenters. The molecular weight excluding hydrogens is 494 g/mol. The Morgan fingerprint density at radius 1 is 1.16 bits per heavy atom. The Balaban J connectivity index is 1.44. The van der Waals surface area contributed by atoms with Crippen molar-refractivity contribution in [3.05, 3.63) is 68.9 Å². The minimum atomic E-state index is -3.58. The minimum Gasteiger partial charge on any atom is -0.495 e. The van der Waals surface area contributed by atoms with E-state index in [2.05, 4.69) is 9.88 Å². The van der Waals surface area contributed by atoms with Crippen molar-refractivity contribution < 1.29 is 17.5 Å². The molecule has 4 rings (SSSR count). The van der Waals surface area contributed by atoms with Crippen molar-refractivity contribution in [1.29, 1.82) is 0 Å². The summed E-state index contributed by atoms with van der Waals surface area (Å²) in [5.74, 6) is -0.0681. The van der Waals surface area contributed by atoms with Gasteiger partial charge in [-0.15, -0.1) is 11.3 Å². The first-order chi connectivity index (χ1) is 15.3. The summed E-state index contributed by atoms with van der Waals surface area (Å²) in [6.45, 7) is 1.15. The molecule has 1 aromatic heterocycles. The van der Waals surface area contributed by atoms with E-state index in [1.807, 2.05) is 5.38 Å². The highest BCUT2D eigenvalue weighted by molar-refractivity contribution is 7.92. The number of benzene rings is 2. The van der Waals surface area contributed by atoms with Crippen molar-refractivity contribution in [2.45, 2.75) is 29.4 Å². The lowest BCUT2D eigenvalue weighted by molar-refractivity contribution is 0.402. The molecule has 0 N–H and O–H groups in total. The number of halogens is 3. The van der Waals surface area contributed by atoms with E-state index in [9.17, 15) is 12.8 Å². The van der Waals surface area contributed by atoms with Gasteiger partial charge < -0.3 is 9.64 Å². The standard InChI is InChI=1S/C22H21Cl2FN2O3S2/c1-30-20-3-2-15(23)12-21(20)32(28,29)19-4-6-27(7-5-19)22-26-18(13-31-22)10-14-8-16(24)11-17(25)9-14/h2-3,8-9,11-13,19H,4-7,10H2,1H3. The normalized spacial score (nSPS) is 15.2. The third-order valence-electron chi connectivity index (χ3n) is 5.43. The van der Waals surface area contributed by atoms with Crippen molar-refractivity contribution in [1.82, 2.24) is 4.98 Å². The van der Waals surface area contributed by atoms with E-state index in [0.717, 1.165) is 16.4 Å². The first kappa shape index (κ1) is 23.3. The third kappa shape index (κ3) is 5.03.